The Morgan fingerprint density at radius 2 is 1.26 bits per heavy atom. The Bertz CT molecular complexity index is 279. The molecule has 0 saturated carbocycles. The summed E-state index contributed by atoms with van der Waals surface area (Å²) in [5.74, 6) is 2.08. The number of carbonyl (C=O) groups is 1. The van der Waals surface area contributed by atoms with Crippen molar-refractivity contribution in [1.82, 2.24) is 0 Å². The Hall–Kier alpha value is -0.313. The molecule has 0 aliphatic heterocycles. The van der Waals surface area contributed by atoms with Crippen LogP contribution in [0.15, 0.2) is 0 Å². The first-order chi connectivity index (χ1) is 10.7. The highest BCUT2D eigenvalue weighted by atomic mass is 28.4. The molecule has 1 radical (unpaired) electrons. The second kappa shape index (κ2) is 12.1. The standard InChI is InChI=1S/C20H41O2Si/c1-8-9-10-20(21)22-23(14-11-17(2)3,15-12-18(4)5)16-13-19(6)7/h17-19H,1,8-16H2,2-7H3. The van der Waals surface area contributed by atoms with E-state index in [0.29, 0.717) is 24.2 Å². The zero-order valence-electron chi connectivity index (χ0n) is 16.6. The highest BCUT2D eigenvalue weighted by Gasteiger charge is 2.37. The molecule has 137 valence electrons. The molecule has 0 aromatic heterocycles. The maximum absolute atomic E-state index is 12.3. The molecule has 2 nitrogen and oxygen atoms in total. The van der Waals surface area contributed by atoms with Crippen LogP contribution in [0.4, 0.5) is 0 Å². The maximum atomic E-state index is 12.3. The van der Waals surface area contributed by atoms with Gasteiger partial charge in [-0.15, -0.1) is 0 Å². The molecule has 0 aromatic rings. The number of unbranched alkanes of at least 4 members (excludes halogenated alkanes) is 1. The molecule has 0 unspecified atom stereocenters. The molecule has 0 aromatic carbocycles. The Morgan fingerprint density at radius 1 is 0.870 bits per heavy atom. The van der Waals surface area contributed by atoms with E-state index in [2.05, 4.69) is 48.5 Å². The van der Waals surface area contributed by atoms with E-state index in [1.807, 2.05) is 0 Å². The summed E-state index contributed by atoms with van der Waals surface area (Å²) >= 11 is 0. The van der Waals surface area contributed by atoms with Crippen molar-refractivity contribution in [2.75, 3.05) is 0 Å². The van der Waals surface area contributed by atoms with E-state index in [1.165, 1.54) is 19.3 Å². The van der Waals surface area contributed by atoms with Crippen LogP contribution in [-0.4, -0.2) is 14.3 Å². The van der Waals surface area contributed by atoms with Crippen LogP contribution in [0.1, 0.15) is 80.1 Å². The third kappa shape index (κ3) is 11.8. The van der Waals surface area contributed by atoms with E-state index in [0.717, 1.165) is 31.0 Å². The Morgan fingerprint density at radius 3 is 1.57 bits per heavy atom. The quantitative estimate of drug-likeness (QED) is 0.352. The molecule has 23 heavy (non-hydrogen) atoms. The largest absolute Gasteiger partial charge is 0.519 e. The van der Waals surface area contributed by atoms with Crippen LogP contribution < -0.4 is 0 Å². The minimum atomic E-state index is -1.97. The smallest absolute Gasteiger partial charge is 0.292 e. The number of hydrogen-bond acceptors (Lipinski definition) is 2. The SMILES string of the molecule is [CH2]CCCC(=O)O[Si](CCC(C)C)(CCC(C)C)CCC(C)C. The summed E-state index contributed by atoms with van der Waals surface area (Å²) in [4.78, 5) is 12.3. The normalized spacial score (nSPS) is 12.4. The van der Waals surface area contributed by atoms with Crippen molar-refractivity contribution in [3.8, 4) is 0 Å². The minimum Gasteiger partial charge on any atom is -0.519 e. The van der Waals surface area contributed by atoms with Crippen LogP contribution >= 0.6 is 0 Å². The van der Waals surface area contributed by atoms with Gasteiger partial charge < -0.3 is 4.43 Å². The molecule has 0 atom stereocenters. The van der Waals surface area contributed by atoms with Gasteiger partial charge in [0, 0.05) is 6.42 Å². The molecule has 0 heterocycles. The lowest BCUT2D eigenvalue weighted by Crippen LogP contribution is -2.41. The predicted octanol–water partition coefficient (Wildman–Crippen LogP) is 6.62. The van der Waals surface area contributed by atoms with Gasteiger partial charge >= 0.3 is 0 Å². The van der Waals surface area contributed by atoms with Crippen molar-refractivity contribution in [3.63, 3.8) is 0 Å². The van der Waals surface area contributed by atoms with Crippen molar-refractivity contribution in [3.05, 3.63) is 6.92 Å². The number of rotatable bonds is 13. The fraction of sp³-hybridized carbons (Fsp3) is 0.900. The van der Waals surface area contributed by atoms with Gasteiger partial charge in [-0.1, -0.05) is 74.1 Å². The lowest BCUT2D eigenvalue weighted by Gasteiger charge is -2.33. The monoisotopic (exact) mass is 341 g/mol. The fourth-order valence-corrected chi connectivity index (χ4v) is 7.70. The zero-order valence-corrected chi connectivity index (χ0v) is 17.6. The molecular weight excluding hydrogens is 300 g/mol. The average Bonchev–Trinajstić information content (AvgIpc) is 2.46. The molecule has 0 bridgehead atoms. The van der Waals surface area contributed by atoms with E-state index >= 15 is 0 Å². The predicted molar refractivity (Wildman–Crippen MR) is 104 cm³/mol. The second-order valence-electron chi connectivity index (χ2n) is 8.41. The van der Waals surface area contributed by atoms with Gasteiger partial charge in [0.1, 0.15) is 0 Å². The summed E-state index contributed by atoms with van der Waals surface area (Å²) in [7, 11) is -1.97. The first-order valence-corrected chi connectivity index (χ1v) is 12.2. The summed E-state index contributed by atoms with van der Waals surface area (Å²) in [5.41, 5.74) is 0. The lowest BCUT2D eigenvalue weighted by atomic mass is 10.2. The van der Waals surface area contributed by atoms with Crippen molar-refractivity contribution < 1.29 is 9.22 Å². The van der Waals surface area contributed by atoms with E-state index in [1.54, 1.807) is 0 Å². The van der Waals surface area contributed by atoms with E-state index < -0.39 is 8.32 Å². The Balaban J connectivity index is 5.03. The van der Waals surface area contributed by atoms with Crippen LogP contribution in [0.3, 0.4) is 0 Å². The molecule has 0 rings (SSSR count). The number of hydrogen-bond donors (Lipinski definition) is 0. The van der Waals surface area contributed by atoms with E-state index in [-0.39, 0.29) is 5.97 Å². The molecule has 0 amide bonds. The van der Waals surface area contributed by atoms with Crippen LogP contribution in [0.25, 0.3) is 0 Å². The molecular formula is C20H41O2Si. The van der Waals surface area contributed by atoms with Crippen molar-refractivity contribution in [2.24, 2.45) is 17.8 Å². The Labute approximate surface area is 146 Å². The summed E-state index contributed by atoms with van der Waals surface area (Å²) in [6.07, 6.45) is 5.76. The molecule has 0 aliphatic rings. The van der Waals surface area contributed by atoms with Gasteiger partial charge in [-0.2, -0.15) is 0 Å². The summed E-state index contributed by atoms with van der Waals surface area (Å²) < 4.78 is 6.26. The van der Waals surface area contributed by atoms with Crippen LogP contribution in [0.5, 0.6) is 0 Å². The van der Waals surface area contributed by atoms with Crippen molar-refractivity contribution >= 4 is 14.3 Å². The van der Waals surface area contributed by atoms with Gasteiger partial charge in [-0.05, 0) is 42.3 Å². The van der Waals surface area contributed by atoms with Gasteiger partial charge in [-0.3, -0.25) is 4.79 Å². The van der Waals surface area contributed by atoms with Gasteiger partial charge in [0.2, 0.25) is 0 Å². The lowest BCUT2D eigenvalue weighted by molar-refractivity contribution is -0.135. The molecule has 0 fully saturated rings. The van der Waals surface area contributed by atoms with Crippen molar-refractivity contribution in [2.45, 2.75) is 98.2 Å². The van der Waals surface area contributed by atoms with Crippen LogP contribution in [0.2, 0.25) is 18.1 Å². The summed E-state index contributed by atoms with van der Waals surface area (Å²) in [5, 5.41) is 0. The first kappa shape index (κ1) is 22.7. The topological polar surface area (TPSA) is 26.3 Å². The van der Waals surface area contributed by atoms with Gasteiger partial charge in [0.15, 0.2) is 0 Å². The van der Waals surface area contributed by atoms with Gasteiger partial charge in [-0.25, -0.2) is 0 Å². The third-order valence-electron chi connectivity index (χ3n) is 4.49. The minimum absolute atomic E-state index is 0.0385. The summed E-state index contributed by atoms with van der Waals surface area (Å²) in [6.45, 7) is 17.5. The number of carbonyl (C=O) groups excluding carboxylic acids is 1. The van der Waals surface area contributed by atoms with E-state index in [9.17, 15) is 4.79 Å². The van der Waals surface area contributed by atoms with Crippen LogP contribution in [-0.2, 0) is 9.22 Å². The highest BCUT2D eigenvalue weighted by Crippen LogP contribution is 2.32. The first-order valence-electron chi connectivity index (χ1n) is 9.72. The average molecular weight is 342 g/mol. The summed E-state index contributed by atoms with van der Waals surface area (Å²) in [6, 6.07) is 3.42. The second-order valence-corrected chi connectivity index (χ2v) is 12.5. The zero-order chi connectivity index (χ0) is 17.9. The van der Waals surface area contributed by atoms with Gasteiger partial charge in [0.25, 0.3) is 14.3 Å². The van der Waals surface area contributed by atoms with Crippen molar-refractivity contribution in [1.29, 1.82) is 0 Å². The molecule has 0 saturated heterocycles. The highest BCUT2D eigenvalue weighted by molar-refractivity contribution is 6.75. The maximum Gasteiger partial charge on any atom is 0.292 e. The fourth-order valence-electron chi connectivity index (χ4n) is 2.75. The molecule has 0 aliphatic carbocycles. The van der Waals surface area contributed by atoms with Crippen LogP contribution in [0, 0.1) is 24.7 Å². The van der Waals surface area contributed by atoms with Gasteiger partial charge in [0.05, 0.1) is 0 Å². The molecule has 0 spiro atoms. The van der Waals surface area contributed by atoms with E-state index in [4.69, 9.17) is 4.43 Å². The molecule has 3 heteroatoms. The third-order valence-corrected chi connectivity index (χ3v) is 8.75. The Kier molecular flexibility index (Phi) is 11.9. The molecule has 0 N–H and O–H groups in total.